The minimum absolute atomic E-state index is 0.465. The third-order valence-corrected chi connectivity index (χ3v) is 3.49. The summed E-state index contributed by atoms with van der Waals surface area (Å²) in [6.07, 6.45) is 2.69. The van der Waals surface area contributed by atoms with E-state index >= 15 is 0 Å². The van der Waals surface area contributed by atoms with Gasteiger partial charge >= 0.3 is 0 Å². The molecule has 0 saturated carbocycles. The third-order valence-electron chi connectivity index (χ3n) is 3.12. The van der Waals surface area contributed by atoms with Crippen LogP contribution in [0.2, 0.25) is 5.15 Å². The highest BCUT2D eigenvalue weighted by atomic mass is 35.5. The van der Waals surface area contributed by atoms with Crippen molar-refractivity contribution in [3.63, 3.8) is 0 Å². The van der Waals surface area contributed by atoms with Crippen LogP contribution in [-0.4, -0.2) is 9.97 Å². The van der Waals surface area contributed by atoms with Crippen LogP contribution in [0.5, 0.6) is 11.6 Å². The molecule has 20 heavy (non-hydrogen) atoms. The molecular formula is C16H19ClN2O. The second-order valence-electron chi connectivity index (χ2n) is 4.67. The number of hydrogen-bond acceptors (Lipinski definition) is 3. The molecule has 0 saturated heterocycles. The summed E-state index contributed by atoms with van der Waals surface area (Å²) in [6.45, 7) is 6.07. The number of benzene rings is 1. The second kappa shape index (κ2) is 6.71. The molecule has 0 aliphatic carbocycles. The van der Waals surface area contributed by atoms with Gasteiger partial charge in [0.25, 0.3) is 0 Å². The van der Waals surface area contributed by atoms with E-state index in [9.17, 15) is 0 Å². The van der Waals surface area contributed by atoms with E-state index in [1.807, 2.05) is 25.1 Å². The van der Waals surface area contributed by atoms with E-state index in [0.29, 0.717) is 11.0 Å². The molecule has 0 unspecified atom stereocenters. The topological polar surface area (TPSA) is 35.0 Å². The average molecular weight is 291 g/mol. The Bertz CT molecular complexity index is 599. The predicted molar refractivity (Wildman–Crippen MR) is 81.7 cm³/mol. The first-order valence-corrected chi connectivity index (χ1v) is 7.32. The van der Waals surface area contributed by atoms with Crippen LogP contribution >= 0.6 is 11.6 Å². The monoisotopic (exact) mass is 290 g/mol. The fourth-order valence-corrected chi connectivity index (χ4v) is 2.12. The van der Waals surface area contributed by atoms with Crippen molar-refractivity contribution in [3.05, 3.63) is 46.4 Å². The van der Waals surface area contributed by atoms with Crippen LogP contribution in [-0.2, 0) is 12.8 Å². The molecule has 1 heterocycles. The van der Waals surface area contributed by atoms with Crippen molar-refractivity contribution in [1.82, 2.24) is 9.97 Å². The van der Waals surface area contributed by atoms with Crippen molar-refractivity contribution in [2.45, 2.75) is 40.0 Å². The number of aromatic nitrogens is 2. The summed E-state index contributed by atoms with van der Waals surface area (Å²) in [5, 5.41) is 0.465. The first kappa shape index (κ1) is 14.8. The largest absolute Gasteiger partial charge is 0.438 e. The van der Waals surface area contributed by atoms with Crippen molar-refractivity contribution >= 4 is 11.6 Å². The van der Waals surface area contributed by atoms with Gasteiger partial charge in [-0.3, -0.25) is 0 Å². The highest BCUT2D eigenvalue weighted by Gasteiger charge is 2.12. The van der Waals surface area contributed by atoms with Gasteiger partial charge in [0.1, 0.15) is 16.7 Å². The molecule has 0 N–H and O–H groups in total. The average Bonchev–Trinajstić information content (AvgIpc) is 2.45. The molecule has 0 bridgehead atoms. The molecule has 0 atom stereocenters. The SMILES string of the molecule is CCCc1nc(Cl)c(C)c(Oc2ccccc2CC)n1. The zero-order chi connectivity index (χ0) is 14.5. The quantitative estimate of drug-likeness (QED) is 0.746. The number of rotatable bonds is 5. The minimum Gasteiger partial charge on any atom is -0.438 e. The zero-order valence-electron chi connectivity index (χ0n) is 12.1. The lowest BCUT2D eigenvalue weighted by atomic mass is 10.1. The standard InChI is InChI=1S/C16H19ClN2O/c1-4-8-14-18-15(17)11(3)16(19-14)20-13-10-7-6-9-12(13)5-2/h6-7,9-10H,4-5,8H2,1-3H3. The van der Waals surface area contributed by atoms with Gasteiger partial charge < -0.3 is 4.74 Å². The van der Waals surface area contributed by atoms with Gasteiger partial charge in [-0.1, -0.05) is 43.6 Å². The van der Waals surface area contributed by atoms with E-state index < -0.39 is 0 Å². The smallest absolute Gasteiger partial charge is 0.227 e. The molecule has 1 aromatic carbocycles. The van der Waals surface area contributed by atoms with Crippen molar-refractivity contribution < 1.29 is 4.74 Å². The number of hydrogen-bond donors (Lipinski definition) is 0. The van der Waals surface area contributed by atoms with Gasteiger partial charge in [0, 0.05) is 12.0 Å². The molecule has 1 aromatic heterocycles. The van der Waals surface area contributed by atoms with Gasteiger partial charge in [-0.25, -0.2) is 4.98 Å². The van der Waals surface area contributed by atoms with Crippen molar-refractivity contribution in [2.24, 2.45) is 0 Å². The molecule has 0 spiro atoms. The molecule has 0 aliphatic rings. The zero-order valence-corrected chi connectivity index (χ0v) is 12.9. The van der Waals surface area contributed by atoms with E-state index in [1.54, 1.807) is 0 Å². The van der Waals surface area contributed by atoms with E-state index in [0.717, 1.165) is 42.0 Å². The van der Waals surface area contributed by atoms with Gasteiger partial charge in [0.2, 0.25) is 5.88 Å². The molecule has 2 rings (SSSR count). The number of aryl methyl sites for hydroxylation is 2. The molecule has 2 aromatic rings. The highest BCUT2D eigenvalue weighted by molar-refractivity contribution is 6.30. The van der Waals surface area contributed by atoms with Crippen LogP contribution in [0.15, 0.2) is 24.3 Å². The molecule has 0 aliphatic heterocycles. The van der Waals surface area contributed by atoms with E-state index in [4.69, 9.17) is 16.3 Å². The van der Waals surface area contributed by atoms with E-state index in [2.05, 4.69) is 29.9 Å². The van der Waals surface area contributed by atoms with Crippen molar-refractivity contribution in [2.75, 3.05) is 0 Å². The lowest BCUT2D eigenvalue weighted by Crippen LogP contribution is -2.02. The van der Waals surface area contributed by atoms with Gasteiger partial charge in [0.15, 0.2) is 0 Å². The van der Waals surface area contributed by atoms with E-state index in [1.165, 1.54) is 0 Å². The van der Waals surface area contributed by atoms with Crippen LogP contribution in [0.25, 0.3) is 0 Å². The lowest BCUT2D eigenvalue weighted by molar-refractivity contribution is 0.449. The Labute approximate surface area is 125 Å². The number of para-hydroxylation sites is 1. The van der Waals surface area contributed by atoms with Gasteiger partial charge in [-0.05, 0) is 31.4 Å². The summed E-state index contributed by atoms with van der Waals surface area (Å²) in [5.74, 6) is 2.11. The summed E-state index contributed by atoms with van der Waals surface area (Å²) in [4.78, 5) is 8.76. The van der Waals surface area contributed by atoms with Gasteiger partial charge in [0.05, 0.1) is 0 Å². The summed E-state index contributed by atoms with van der Waals surface area (Å²) < 4.78 is 5.96. The number of halogens is 1. The fraction of sp³-hybridized carbons (Fsp3) is 0.375. The Morgan fingerprint density at radius 3 is 2.60 bits per heavy atom. The maximum Gasteiger partial charge on any atom is 0.227 e. The summed E-state index contributed by atoms with van der Waals surface area (Å²) in [7, 11) is 0. The summed E-state index contributed by atoms with van der Waals surface area (Å²) >= 11 is 6.16. The van der Waals surface area contributed by atoms with Crippen LogP contribution < -0.4 is 4.74 Å². The third kappa shape index (κ3) is 3.28. The number of nitrogens with zero attached hydrogens (tertiary/aromatic N) is 2. The summed E-state index contributed by atoms with van der Waals surface area (Å²) in [6, 6.07) is 7.97. The molecule has 0 radical (unpaired) electrons. The summed E-state index contributed by atoms with van der Waals surface area (Å²) in [5.41, 5.74) is 1.93. The fourth-order valence-electron chi connectivity index (χ4n) is 1.95. The Morgan fingerprint density at radius 1 is 1.15 bits per heavy atom. The molecule has 106 valence electrons. The highest BCUT2D eigenvalue weighted by Crippen LogP contribution is 2.29. The van der Waals surface area contributed by atoms with Crippen LogP contribution in [0, 0.1) is 6.92 Å². The molecule has 0 fully saturated rings. The molecular weight excluding hydrogens is 272 g/mol. The Hall–Kier alpha value is -1.61. The maximum atomic E-state index is 6.16. The van der Waals surface area contributed by atoms with Crippen molar-refractivity contribution in [3.8, 4) is 11.6 Å². The molecule has 0 amide bonds. The number of ether oxygens (including phenoxy) is 1. The lowest BCUT2D eigenvalue weighted by Gasteiger charge is -2.12. The Kier molecular flexibility index (Phi) is 4.96. The van der Waals surface area contributed by atoms with Crippen LogP contribution in [0.1, 0.15) is 37.2 Å². The first-order chi connectivity index (χ1) is 9.65. The van der Waals surface area contributed by atoms with Crippen LogP contribution in [0.3, 0.4) is 0 Å². The van der Waals surface area contributed by atoms with Gasteiger partial charge in [-0.2, -0.15) is 4.98 Å². The second-order valence-corrected chi connectivity index (χ2v) is 5.03. The van der Waals surface area contributed by atoms with E-state index in [-0.39, 0.29) is 0 Å². The Balaban J connectivity index is 2.37. The molecule has 4 heteroatoms. The predicted octanol–water partition coefficient (Wildman–Crippen LogP) is 4.75. The normalized spacial score (nSPS) is 10.6. The Morgan fingerprint density at radius 2 is 1.90 bits per heavy atom. The van der Waals surface area contributed by atoms with Gasteiger partial charge in [-0.15, -0.1) is 0 Å². The first-order valence-electron chi connectivity index (χ1n) is 6.94. The maximum absolute atomic E-state index is 6.16. The molecule has 3 nitrogen and oxygen atoms in total. The minimum atomic E-state index is 0.465. The van der Waals surface area contributed by atoms with Crippen molar-refractivity contribution in [1.29, 1.82) is 0 Å². The van der Waals surface area contributed by atoms with Crippen LogP contribution in [0.4, 0.5) is 0 Å².